The van der Waals surface area contributed by atoms with Crippen molar-refractivity contribution in [3.8, 4) is 0 Å². The minimum Gasteiger partial charge on any atom is -0.342 e. The summed E-state index contributed by atoms with van der Waals surface area (Å²) in [6.45, 7) is 4.82. The lowest BCUT2D eigenvalue weighted by molar-refractivity contribution is -0.142. The molecule has 2 aliphatic heterocycles. The third-order valence-corrected chi connectivity index (χ3v) is 7.76. The topological polar surface area (TPSA) is 52.7 Å². The fourth-order valence-electron chi connectivity index (χ4n) is 4.73. The molecule has 29 heavy (non-hydrogen) atoms. The highest BCUT2D eigenvalue weighted by Crippen LogP contribution is 2.47. The molecule has 1 aromatic rings. The van der Waals surface area contributed by atoms with E-state index in [4.69, 9.17) is 23.2 Å². The van der Waals surface area contributed by atoms with E-state index in [1.165, 1.54) is 0 Å². The molecule has 1 N–H and O–H groups in total. The Labute approximate surface area is 182 Å². The van der Waals surface area contributed by atoms with E-state index in [1.54, 1.807) is 0 Å². The van der Waals surface area contributed by atoms with Crippen molar-refractivity contribution in [3.63, 3.8) is 0 Å². The van der Waals surface area contributed by atoms with Gasteiger partial charge in [0.05, 0.1) is 10.0 Å². The molecule has 3 fully saturated rings. The fourth-order valence-corrected chi connectivity index (χ4v) is 5.03. The van der Waals surface area contributed by atoms with Gasteiger partial charge < -0.3 is 15.1 Å². The van der Waals surface area contributed by atoms with Gasteiger partial charge in [0.1, 0.15) is 0 Å². The number of hydrogen-bond acceptors (Lipinski definition) is 3. The number of carbonyl (C=O) groups is 2. The first kappa shape index (κ1) is 21.0. The molecular formula is C22H29Cl2N3O2. The predicted octanol–water partition coefficient (Wildman–Crippen LogP) is 3.55. The first-order valence-corrected chi connectivity index (χ1v) is 11.3. The Morgan fingerprint density at radius 2 is 1.76 bits per heavy atom. The van der Waals surface area contributed by atoms with Crippen molar-refractivity contribution in [2.24, 2.45) is 11.3 Å². The molecule has 0 unspecified atom stereocenters. The number of carbonyl (C=O) groups excluding carboxylic acids is 2. The summed E-state index contributed by atoms with van der Waals surface area (Å²) < 4.78 is 0. The summed E-state index contributed by atoms with van der Waals surface area (Å²) in [6, 6.07) is 5.92. The first-order valence-electron chi connectivity index (χ1n) is 10.5. The van der Waals surface area contributed by atoms with Crippen LogP contribution in [0.5, 0.6) is 0 Å². The van der Waals surface area contributed by atoms with Crippen LogP contribution in [0.1, 0.15) is 44.1 Å². The lowest BCUT2D eigenvalue weighted by Gasteiger charge is -2.34. The average molecular weight is 438 g/mol. The molecule has 1 aliphatic carbocycles. The summed E-state index contributed by atoms with van der Waals surface area (Å²) in [4.78, 5) is 29.7. The van der Waals surface area contributed by atoms with Gasteiger partial charge in [0.2, 0.25) is 11.8 Å². The summed E-state index contributed by atoms with van der Waals surface area (Å²) in [5.74, 6) is 0.698. The molecule has 0 bridgehead atoms. The highest BCUT2D eigenvalue weighted by Gasteiger charge is 2.48. The van der Waals surface area contributed by atoms with Gasteiger partial charge in [-0.3, -0.25) is 9.59 Å². The number of piperidine rings is 1. The van der Waals surface area contributed by atoms with Gasteiger partial charge in [0, 0.05) is 49.5 Å². The Bertz CT molecular complexity index is 803. The molecule has 7 heteroatoms. The summed E-state index contributed by atoms with van der Waals surface area (Å²) >= 11 is 12.3. The molecule has 4 rings (SSSR count). The molecule has 2 saturated heterocycles. The van der Waals surface area contributed by atoms with Crippen molar-refractivity contribution < 1.29 is 9.59 Å². The monoisotopic (exact) mass is 437 g/mol. The van der Waals surface area contributed by atoms with Crippen LogP contribution in [0.3, 0.4) is 0 Å². The van der Waals surface area contributed by atoms with Crippen LogP contribution in [-0.2, 0) is 9.59 Å². The number of rotatable bonds is 4. The number of benzene rings is 1. The Kier molecular flexibility index (Phi) is 5.84. The number of hydrogen-bond donors (Lipinski definition) is 1. The molecule has 0 spiro atoms. The Morgan fingerprint density at radius 3 is 2.34 bits per heavy atom. The van der Waals surface area contributed by atoms with Gasteiger partial charge in [-0.2, -0.15) is 0 Å². The first-order chi connectivity index (χ1) is 13.8. The van der Waals surface area contributed by atoms with Crippen LogP contribution in [0.25, 0.3) is 0 Å². The minimum absolute atomic E-state index is 0.0103. The number of likely N-dealkylation sites (N-methyl/N-ethyl adjacent to an activating group) is 1. The Morgan fingerprint density at radius 1 is 1.07 bits per heavy atom. The third kappa shape index (κ3) is 4.14. The summed E-state index contributed by atoms with van der Waals surface area (Å²) in [5.41, 5.74) is 0.978. The van der Waals surface area contributed by atoms with E-state index in [2.05, 4.69) is 12.2 Å². The van der Waals surface area contributed by atoms with Crippen molar-refractivity contribution in [1.82, 2.24) is 15.1 Å². The van der Waals surface area contributed by atoms with Crippen molar-refractivity contribution in [2.45, 2.75) is 44.6 Å². The van der Waals surface area contributed by atoms with Crippen molar-refractivity contribution in [2.75, 3.05) is 33.2 Å². The smallest absolute Gasteiger partial charge is 0.228 e. The summed E-state index contributed by atoms with van der Waals surface area (Å²) in [5, 5.41) is 4.45. The van der Waals surface area contributed by atoms with Crippen LogP contribution in [0.4, 0.5) is 0 Å². The number of nitrogens with one attached hydrogen (secondary N) is 1. The second-order valence-corrected chi connectivity index (χ2v) is 9.86. The molecular weight excluding hydrogens is 409 g/mol. The average Bonchev–Trinajstić information content (AvgIpc) is 3.34. The molecule has 1 saturated carbocycles. The molecule has 2 amide bonds. The van der Waals surface area contributed by atoms with Crippen molar-refractivity contribution >= 4 is 35.0 Å². The normalized spacial score (nSPS) is 26.6. The maximum atomic E-state index is 13.2. The highest BCUT2D eigenvalue weighted by atomic mass is 35.5. The molecule has 0 aromatic heterocycles. The van der Waals surface area contributed by atoms with E-state index in [-0.39, 0.29) is 35.1 Å². The Balaban J connectivity index is 1.38. The number of halogens is 2. The van der Waals surface area contributed by atoms with Crippen molar-refractivity contribution in [1.29, 1.82) is 0 Å². The Hall–Kier alpha value is -1.30. The largest absolute Gasteiger partial charge is 0.342 e. The molecule has 1 aromatic carbocycles. The number of likely N-dealkylation sites (tertiary alicyclic amines) is 2. The van der Waals surface area contributed by atoms with Gasteiger partial charge in [0.25, 0.3) is 0 Å². The van der Waals surface area contributed by atoms with Crippen LogP contribution in [0.15, 0.2) is 18.2 Å². The highest BCUT2D eigenvalue weighted by molar-refractivity contribution is 6.42. The lowest BCUT2D eigenvalue weighted by Crippen LogP contribution is -2.46. The van der Waals surface area contributed by atoms with Crippen LogP contribution in [-0.4, -0.2) is 60.9 Å². The zero-order valence-electron chi connectivity index (χ0n) is 17.1. The molecule has 158 valence electrons. The second kappa shape index (κ2) is 8.09. The van der Waals surface area contributed by atoms with E-state index < -0.39 is 0 Å². The quantitative estimate of drug-likeness (QED) is 0.783. The van der Waals surface area contributed by atoms with E-state index in [9.17, 15) is 9.59 Å². The summed E-state index contributed by atoms with van der Waals surface area (Å²) in [7, 11) is 1.94. The standard InChI is InChI=1S/C22H29Cl2N3O2/c1-22(7-8-22)21(29)26-9-5-14(6-10-26)20(28)27-12-16(19(13-27)25-2)15-3-4-17(23)18(24)11-15/h3-4,11,14,16,19,25H,5-10,12-13H2,1-2H3/t16-,19-/m0/s1. The van der Waals surface area contributed by atoms with Gasteiger partial charge in [-0.05, 0) is 50.4 Å². The van der Waals surface area contributed by atoms with Gasteiger partial charge in [-0.25, -0.2) is 0 Å². The zero-order chi connectivity index (χ0) is 20.8. The van der Waals surface area contributed by atoms with Gasteiger partial charge in [-0.15, -0.1) is 0 Å². The number of amides is 2. The molecule has 5 nitrogen and oxygen atoms in total. The molecule has 2 atom stereocenters. The molecule has 3 aliphatic rings. The van der Waals surface area contributed by atoms with E-state index >= 15 is 0 Å². The van der Waals surface area contributed by atoms with Crippen LogP contribution < -0.4 is 5.32 Å². The van der Waals surface area contributed by atoms with Gasteiger partial charge in [-0.1, -0.05) is 36.2 Å². The maximum absolute atomic E-state index is 13.2. The predicted molar refractivity (Wildman–Crippen MR) is 115 cm³/mol. The van der Waals surface area contributed by atoms with Crippen LogP contribution >= 0.6 is 23.2 Å². The van der Waals surface area contributed by atoms with E-state index in [0.717, 1.165) is 31.2 Å². The number of nitrogens with zero attached hydrogens (tertiary/aromatic N) is 2. The summed E-state index contributed by atoms with van der Waals surface area (Å²) in [6.07, 6.45) is 3.53. The SMILES string of the molecule is CN[C@H]1CN(C(=O)C2CCN(C(=O)C3(C)CC3)CC2)C[C@H]1c1ccc(Cl)c(Cl)c1. The lowest BCUT2D eigenvalue weighted by atomic mass is 9.93. The van der Waals surface area contributed by atoms with Crippen molar-refractivity contribution in [3.05, 3.63) is 33.8 Å². The van der Waals surface area contributed by atoms with E-state index in [1.807, 2.05) is 35.0 Å². The minimum atomic E-state index is -0.126. The third-order valence-electron chi connectivity index (χ3n) is 7.02. The van der Waals surface area contributed by atoms with Crippen LogP contribution in [0, 0.1) is 11.3 Å². The molecule has 0 radical (unpaired) electrons. The molecule has 2 heterocycles. The maximum Gasteiger partial charge on any atom is 0.228 e. The second-order valence-electron chi connectivity index (χ2n) is 9.05. The zero-order valence-corrected chi connectivity index (χ0v) is 18.6. The van der Waals surface area contributed by atoms with Gasteiger partial charge >= 0.3 is 0 Å². The van der Waals surface area contributed by atoms with Gasteiger partial charge in [0.15, 0.2) is 0 Å². The van der Waals surface area contributed by atoms with Crippen LogP contribution in [0.2, 0.25) is 10.0 Å². The van der Waals surface area contributed by atoms with E-state index in [0.29, 0.717) is 36.2 Å². The fraction of sp³-hybridized carbons (Fsp3) is 0.636.